The van der Waals surface area contributed by atoms with Gasteiger partial charge in [-0.1, -0.05) is 32.0 Å². The zero-order valence-corrected chi connectivity index (χ0v) is 16.1. The van der Waals surface area contributed by atoms with Gasteiger partial charge in [0.25, 0.3) is 5.91 Å². The van der Waals surface area contributed by atoms with Crippen LogP contribution in [0, 0.1) is 0 Å². The monoisotopic (exact) mass is 371 g/mol. The predicted octanol–water partition coefficient (Wildman–Crippen LogP) is 3.27. The van der Waals surface area contributed by atoms with Gasteiger partial charge >= 0.3 is 0 Å². The van der Waals surface area contributed by atoms with E-state index >= 15 is 0 Å². The van der Waals surface area contributed by atoms with Gasteiger partial charge in [0.2, 0.25) is 5.91 Å². The Morgan fingerprint density at radius 2 is 1.88 bits per heavy atom. The summed E-state index contributed by atoms with van der Waals surface area (Å²) in [5, 5.41) is 4.90. The molecule has 1 saturated heterocycles. The summed E-state index contributed by atoms with van der Waals surface area (Å²) in [5.74, 6) is 0.513. The van der Waals surface area contributed by atoms with Crippen LogP contribution in [-0.4, -0.2) is 54.3 Å². The largest absolute Gasteiger partial charge is 0.335 e. The number of hydrogen-bond donors (Lipinski definition) is 1. The van der Waals surface area contributed by atoms with E-state index in [2.05, 4.69) is 30.1 Å². The second kappa shape index (κ2) is 8.47. The van der Waals surface area contributed by atoms with E-state index in [4.69, 9.17) is 0 Å². The van der Waals surface area contributed by atoms with Crippen molar-refractivity contribution >= 4 is 28.8 Å². The summed E-state index contributed by atoms with van der Waals surface area (Å²) >= 11 is 1.47. The molecule has 1 aliphatic rings. The van der Waals surface area contributed by atoms with Gasteiger partial charge in [-0.2, -0.15) is 0 Å². The molecule has 3 rings (SSSR count). The van der Waals surface area contributed by atoms with E-state index in [-0.39, 0.29) is 11.8 Å². The lowest BCUT2D eigenvalue weighted by molar-refractivity contribution is -0.117. The van der Waals surface area contributed by atoms with Crippen LogP contribution < -0.4 is 5.32 Å². The minimum absolute atomic E-state index is 0.0102. The molecule has 1 fully saturated rings. The van der Waals surface area contributed by atoms with Crippen molar-refractivity contribution in [1.82, 2.24) is 9.80 Å². The Balaban J connectivity index is 1.47. The highest BCUT2D eigenvalue weighted by Gasteiger charge is 2.23. The molecule has 6 heteroatoms. The van der Waals surface area contributed by atoms with Crippen LogP contribution in [0.1, 0.15) is 35.0 Å². The lowest BCUT2D eigenvalue weighted by Crippen LogP contribution is -2.50. The Kier molecular flexibility index (Phi) is 6.06. The van der Waals surface area contributed by atoms with Crippen molar-refractivity contribution in [1.29, 1.82) is 0 Å². The van der Waals surface area contributed by atoms with Crippen molar-refractivity contribution in [3.8, 4) is 0 Å². The number of carbonyl (C=O) groups is 2. The first-order valence-electron chi connectivity index (χ1n) is 8.98. The molecule has 0 bridgehead atoms. The maximum atomic E-state index is 12.4. The molecule has 2 amide bonds. The number of piperazine rings is 1. The molecule has 0 spiro atoms. The van der Waals surface area contributed by atoms with Gasteiger partial charge in [0, 0.05) is 31.9 Å². The third-order valence-corrected chi connectivity index (χ3v) is 5.45. The molecular formula is C20H25N3O2S. The Labute approximate surface area is 158 Å². The Morgan fingerprint density at radius 3 is 2.54 bits per heavy atom. The maximum absolute atomic E-state index is 12.4. The Morgan fingerprint density at radius 1 is 1.12 bits per heavy atom. The molecule has 26 heavy (non-hydrogen) atoms. The molecule has 0 saturated carbocycles. The standard InChI is InChI=1S/C20H25N3O2S/c1-15(2)16-5-3-6-17(13-16)21-19(24)14-22-8-10-23(11-9-22)20(25)18-7-4-12-26-18/h3-7,12-13,15H,8-11,14H2,1-2H3,(H,21,24). The highest BCUT2D eigenvalue weighted by Crippen LogP contribution is 2.18. The SMILES string of the molecule is CC(C)c1cccc(NC(=O)CN2CCN(C(=O)c3cccs3)CC2)c1. The van der Waals surface area contributed by atoms with Crippen LogP contribution in [0.4, 0.5) is 5.69 Å². The summed E-state index contributed by atoms with van der Waals surface area (Å²) in [4.78, 5) is 29.4. The number of nitrogens with zero attached hydrogens (tertiary/aromatic N) is 2. The number of benzene rings is 1. The minimum Gasteiger partial charge on any atom is -0.335 e. The molecular weight excluding hydrogens is 346 g/mol. The van der Waals surface area contributed by atoms with Crippen LogP contribution in [-0.2, 0) is 4.79 Å². The fraction of sp³-hybridized carbons (Fsp3) is 0.400. The number of rotatable bonds is 5. The molecule has 2 aromatic rings. The quantitative estimate of drug-likeness (QED) is 0.878. The van der Waals surface area contributed by atoms with Gasteiger partial charge in [0.15, 0.2) is 0 Å². The van der Waals surface area contributed by atoms with Crippen LogP contribution in [0.3, 0.4) is 0 Å². The van der Waals surface area contributed by atoms with Crippen molar-refractivity contribution in [3.63, 3.8) is 0 Å². The fourth-order valence-electron chi connectivity index (χ4n) is 3.04. The van der Waals surface area contributed by atoms with E-state index in [0.717, 1.165) is 23.7 Å². The fourth-order valence-corrected chi connectivity index (χ4v) is 3.74. The van der Waals surface area contributed by atoms with Gasteiger partial charge in [0.05, 0.1) is 11.4 Å². The van der Waals surface area contributed by atoms with E-state index in [9.17, 15) is 9.59 Å². The summed E-state index contributed by atoms with van der Waals surface area (Å²) in [7, 11) is 0. The van der Waals surface area contributed by atoms with Gasteiger partial charge < -0.3 is 10.2 Å². The zero-order chi connectivity index (χ0) is 18.5. The third kappa shape index (κ3) is 4.71. The van der Waals surface area contributed by atoms with E-state index < -0.39 is 0 Å². The summed E-state index contributed by atoms with van der Waals surface area (Å²) in [5.41, 5.74) is 2.05. The van der Waals surface area contributed by atoms with E-state index in [1.54, 1.807) is 0 Å². The Hall–Kier alpha value is -2.18. The molecule has 2 heterocycles. The average Bonchev–Trinajstić information content (AvgIpc) is 3.16. The molecule has 1 aromatic heterocycles. The average molecular weight is 372 g/mol. The zero-order valence-electron chi connectivity index (χ0n) is 15.3. The minimum atomic E-state index is -0.0102. The summed E-state index contributed by atoms with van der Waals surface area (Å²) in [6.07, 6.45) is 0. The number of anilines is 1. The van der Waals surface area contributed by atoms with Crippen molar-refractivity contribution < 1.29 is 9.59 Å². The number of thiophene rings is 1. The molecule has 0 unspecified atom stereocenters. The number of hydrogen-bond acceptors (Lipinski definition) is 4. The molecule has 138 valence electrons. The second-order valence-corrected chi connectivity index (χ2v) is 7.82. The van der Waals surface area contributed by atoms with Crippen molar-refractivity contribution in [2.75, 3.05) is 38.0 Å². The predicted molar refractivity (Wildman–Crippen MR) is 106 cm³/mol. The van der Waals surface area contributed by atoms with Crippen molar-refractivity contribution in [2.45, 2.75) is 19.8 Å². The first kappa shape index (κ1) is 18.6. The van der Waals surface area contributed by atoms with Crippen LogP contribution in [0.5, 0.6) is 0 Å². The van der Waals surface area contributed by atoms with Crippen LogP contribution >= 0.6 is 11.3 Å². The lowest BCUT2D eigenvalue weighted by Gasteiger charge is -2.34. The first-order chi connectivity index (χ1) is 12.5. The van der Waals surface area contributed by atoms with Crippen molar-refractivity contribution in [2.24, 2.45) is 0 Å². The maximum Gasteiger partial charge on any atom is 0.264 e. The van der Waals surface area contributed by atoms with E-state index in [1.165, 1.54) is 16.9 Å². The Bertz CT molecular complexity index is 750. The van der Waals surface area contributed by atoms with Gasteiger partial charge in [-0.25, -0.2) is 0 Å². The van der Waals surface area contributed by atoms with E-state index in [0.29, 0.717) is 25.6 Å². The summed E-state index contributed by atoms with van der Waals surface area (Å²) in [6.45, 7) is 7.38. The van der Waals surface area contributed by atoms with Crippen molar-refractivity contribution in [3.05, 3.63) is 52.2 Å². The van der Waals surface area contributed by atoms with Gasteiger partial charge in [-0.05, 0) is 35.1 Å². The van der Waals surface area contributed by atoms with Gasteiger partial charge in [0.1, 0.15) is 0 Å². The van der Waals surface area contributed by atoms with E-state index in [1.807, 2.05) is 40.6 Å². The third-order valence-electron chi connectivity index (χ3n) is 4.60. The molecule has 0 radical (unpaired) electrons. The van der Waals surface area contributed by atoms with Crippen LogP contribution in [0.25, 0.3) is 0 Å². The molecule has 1 N–H and O–H groups in total. The van der Waals surface area contributed by atoms with Crippen LogP contribution in [0.15, 0.2) is 41.8 Å². The molecule has 0 aliphatic carbocycles. The summed E-state index contributed by atoms with van der Waals surface area (Å²) in [6, 6.07) is 11.7. The number of amides is 2. The number of carbonyl (C=O) groups excluding carboxylic acids is 2. The second-order valence-electron chi connectivity index (χ2n) is 6.87. The smallest absolute Gasteiger partial charge is 0.264 e. The normalized spacial score (nSPS) is 15.3. The van der Waals surface area contributed by atoms with Gasteiger partial charge in [-0.15, -0.1) is 11.3 Å². The summed E-state index contributed by atoms with van der Waals surface area (Å²) < 4.78 is 0. The molecule has 5 nitrogen and oxygen atoms in total. The lowest BCUT2D eigenvalue weighted by atomic mass is 10.0. The van der Waals surface area contributed by atoms with Gasteiger partial charge in [-0.3, -0.25) is 14.5 Å². The highest BCUT2D eigenvalue weighted by atomic mass is 32.1. The van der Waals surface area contributed by atoms with Crippen LogP contribution in [0.2, 0.25) is 0 Å². The number of nitrogens with one attached hydrogen (secondary N) is 1. The first-order valence-corrected chi connectivity index (χ1v) is 9.86. The topological polar surface area (TPSA) is 52.7 Å². The molecule has 1 aromatic carbocycles. The highest BCUT2D eigenvalue weighted by molar-refractivity contribution is 7.12. The molecule has 0 atom stereocenters. The molecule has 1 aliphatic heterocycles.